The minimum Gasteiger partial charge on any atom is -0.481 e. The van der Waals surface area contributed by atoms with Crippen molar-refractivity contribution in [3.8, 4) is 0 Å². The van der Waals surface area contributed by atoms with Gasteiger partial charge in [0.1, 0.15) is 11.1 Å². The van der Waals surface area contributed by atoms with Crippen LogP contribution in [0.3, 0.4) is 0 Å². The highest BCUT2D eigenvalue weighted by molar-refractivity contribution is 5.88. The van der Waals surface area contributed by atoms with Crippen LogP contribution in [0.5, 0.6) is 0 Å². The van der Waals surface area contributed by atoms with Gasteiger partial charge in [-0.15, -0.1) is 0 Å². The van der Waals surface area contributed by atoms with E-state index in [0.29, 0.717) is 19.5 Å². The molecule has 1 aliphatic carbocycles. The maximum Gasteiger partial charge on any atom is 0.303 e. The average Bonchev–Trinajstić information content (AvgIpc) is 3.33. The number of amides is 1. The molecule has 31 heavy (non-hydrogen) atoms. The second-order valence-electron chi connectivity index (χ2n) is 9.28. The summed E-state index contributed by atoms with van der Waals surface area (Å²) in [5.74, 6) is -1.03. The number of anilines is 1. The van der Waals surface area contributed by atoms with Crippen molar-refractivity contribution in [1.82, 2.24) is 15.3 Å². The molecule has 0 radical (unpaired) electrons. The number of aliphatic hydroxyl groups is 1. The van der Waals surface area contributed by atoms with E-state index in [4.69, 9.17) is 0 Å². The van der Waals surface area contributed by atoms with E-state index in [9.17, 15) is 19.8 Å². The van der Waals surface area contributed by atoms with Crippen LogP contribution in [0.1, 0.15) is 50.6 Å². The molecule has 1 atom stereocenters. The number of carbonyl (C=O) groups is 2. The van der Waals surface area contributed by atoms with Gasteiger partial charge < -0.3 is 20.4 Å². The van der Waals surface area contributed by atoms with Gasteiger partial charge in [-0.25, -0.2) is 4.98 Å². The molecule has 166 valence electrons. The molecule has 1 saturated heterocycles. The standard InChI is InChI=1S/C23H30N4O4/c1-16-4-5-17-21(26-16)18(6-10-24-17)27-11-9-23(31,15-27)14-25-19(28)12-22(13-20(29)30)7-2-3-8-22/h4-6,10,31H,2-3,7-9,11-15H2,1H3,(H,25,28)(H,29,30)/t23-/m0/s1. The van der Waals surface area contributed by atoms with Crippen LogP contribution in [0.15, 0.2) is 24.4 Å². The predicted octanol–water partition coefficient (Wildman–Crippen LogP) is 2.42. The second kappa shape index (κ2) is 8.42. The van der Waals surface area contributed by atoms with Crippen molar-refractivity contribution in [1.29, 1.82) is 0 Å². The van der Waals surface area contributed by atoms with E-state index in [1.165, 1.54) is 0 Å². The summed E-state index contributed by atoms with van der Waals surface area (Å²) in [6.45, 7) is 3.14. The Morgan fingerprint density at radius 1 is 1.16 bits per heavy atom. The summed E-state index contributed by atoms with van der Waals surface area (Å²) in [6, 6.07) is 5.78. The number of hydrogen-bond donors (Lipinski definition) is 3. The van der Waals surface area contributed by atoms with Crippen LogP contribution in [0.4, 0.5) is 5.69 Å². The molecular formula is C23H30N4O4. The number of aryl methyl sites for hydroxylation is 1. The molecule has 2 aliphatic rings. The smallest absolute Gasteiger partial charge is 0.303 e. The van der Waals surface area contributed by atoms with Gasteiger partial charge in [-0.1, -0.05) is 12.8 Å². The van der Waals surface area contributed by atoms with Gasteiger partial charge in [0, 0.05) is 37.9 Å². The lowest BCUT2D eigenvalue weighted by atomic mass is 9.79. The summed E-state index contributed by atoms with van der Waals surface area (Å²) >= 11 is 0. The van der Waals surface area contributed by atoms with Crippen molar-refractivity contribution in [3.63, 3.8) is 0 Å². The monoisotopic (exact) mass is 426 g/mol. The first-order valence-electron chi connectivity index (χ1n) is 11.0. The third kappa shape index (κ3) is 4.79. The molecule has 2 aromatic heterocycles. The fourth-order valence-corrected chi connectivity index (χ4v) is 5.10. The Bertz CT molecular complexity index is 989. The van der Waals surface area contributed by atoms with Crippen LogP contribution in [-0.2, 0) is 9.59 Å². The Labute approximate surface area is 181 Å². The van der Waals surface area contributed by atoms with Gasteiger partial charge in [0.25, 0.3) is 0 Å². The van der Waals surface area contributed by atoms with Crippen molar-refractivity contribution < 1.29 is 19.8 Å². The Morgan fingerprint density at radius 2 is 1.94 bits per heavy atom. The number of nitrogens with one attached hydrogen (secondary N) is 1. The lowest BCUT2D eigenvalue weighted by Crippen LogP contribution is -2.46. The van der Waals surface area contributed by atoms with Gasteiger partial charge in [-0.2, -0.15) is 0 Å². The molecule has 0 spiro atoms. The molecule has 0 aromatic carbocycles. The topological polar surface area (TPSA) is 116 Å². The van der Waals surface area contributed by atoms with Gasteiger partial charge >= 0.3 is 5.97 Å². The molecule has 1 aliphatic heterocycles. The van der Waals surface area contributed by atoms with Crippen LogP contribution in [-0.4, -0.2) is 57.3 Å². The molecule has 1 amide bonds. The number of carboxylic acid groups (broad SMARTS) is 1. The first kappa shape index (κ1) is 21.5. The fourth-order valence-electron chi connectivity index (χ4n) is 5.10. The summed E-state index contributed by atoms with van der Waals surface area (Å²) in [6.07, 6.45) is 5.98. The number of carboxylic acids is 1. The molecule has 3 heterocycles. The average molecular weight is 427 g/mol. The van der Waals surface area contributed by atoms with Gasteiger partial charge in [-0.3, -0.25) is 14.6 Å². The van der Waals surface area contributed by atoms with Crippen molar-refractivity contribution in [2.75, 3.05) is 24.5 Å². The molecule has 1 saturated carbocycles. The summed E-state index contributed by atoms with van der Waals surface area (Å²) in [4.78, 5) is 35.0. The van der Waals surface area contributed by atoms with E-state index < -0.39 is 17.0 Å². The van der Waals surface area contributed by atoms with Crippen molar-refractivity contribution in [3.05, 3.63) is 30.1 Å². The van der Waals surface area contributed by atoms with Gasteiger partial charge in [0.05, 0.1) is 17.6 Å². The number of rotatable bonds is 7. The number of fused-ring (bicyclic) bond motifs is 1. The Hall–Kier alpha value is -2.74. The van der Waals surface area contributed by atoms with Gasteiger partial charge in [-0.05, 0) is 49.8 Å². The summed E-state index contributed by atoms with van der Waals surface area (Å²) < 4.78 is 0. The Balaban J connectivity index is 1.39. The van der Waals surface area contributed by atoms with Gasteiger partial charge in [0.15, 0.2) is 0 Å². The summed E-state index contributed by atoms with van der Waals surface area (Å²) in [5, 5.41) is 23.2. The summed E-state index contributed by atoms with van der Waals surface area (Å²) in [7, 11) is 0. The van der Waals surface area contributed by atoms with E-state index >= 15 is 0 Å². The van der Waals surface area contributed by atoms with E-state index in [2.05, 4.69) is 20.2 Å². The number of hydrogen-bond acceptors (Lipinski definition) is 6. The zero-order chi connectivity index (χ0) is 22.1. The van der Waals surface area contributed by atoms with Crippen LogP contribution in [0, 0.1) is 12.3 Å². The lowest BCUT2D eigenvalue weighted by molar-refractivity contribution is -0.140. The quantitative estimate of drug-likeness (QED) is 0.623. The van der Waals surface area contributed by atoms with Crippen LogP contribution in [0.2, 0.25) is 0 Å². The van der Waals surface area contributed by atoms with E-state index in [1.54, 1.807) is 6.20 Å². The maximum absolute atomic E-state index is 12.6. The highest BCUT2D eigenvalue weighted by Crippen LogP contribution is 2.44. The van der Waals surface area contributed by atoms with E-state index in [1.807, 2.05) is 25.1 Å². The highest BCUT2D eigenvalue weighted by Gasteiger charge is 2.40. The van der Waals surface area contributed by atoms with Crippen LogP contribution >= 0.6 is 0 Å². The molecule has 0 bridgehead atoms. The highest BCUT2D eigenvalue weighted by atomic mass is 16.4. The zero-order valence-electron chi connectivity index (χ0n) is 17.9. The number of nitrogens with zero attached hydrogens (tertiary/aromatic N) is 3. The van der Waals surface area contributed by atoms with Crippen molar-refractivity contribution in [2.24, 2.45) is 5.41 Å². The zero-order valence-corrected chi connectivity index (χ0v) is 17.9. The van der Waals surface area contributed by atoms with E-state index in [0.717, 1.165) is 48.1 Å². The van der Waals surface area contributed by atoms with Crippen LogP contribution in [0.25, 0.3) is 11.0 Å². The lowest BCUT2D eigenvalue weighted by Gasteiger charge is -2.28. The third-order valence-corrected chi connectivity index (χ3v) is 6.72. The maximum atomic E-state index is 12.6. The molecule has 2 fully saturated rings. The van der Waals surface area contributed by atoms with Crippen molar-refractivity contribution >= 4 is 28.6 Å². The number of pyridine rings is 2. The predicted molar refractivity (Wildman–Crippen MR) is 117 cm³/mol. The third-order valence-electron chi connectivity index (χ3n) is 6.72. The summed E-state index contributed by atoms with van der Waals surface area (Å²) in [5.41, 5.74) is 1.98. The first-order valence-corrected chi connectivity index (χ1v) is 11.0. The first-order chi connectivity index (χ1) is 14.8. The minimum atomic E-state index is -1.04. The normalized spacial score (nSPS) is 22.7. The SMILES string of the molecule is Cc1ccc2nccc(N3CC[C@](O)(CNC(=O)CC4(CC(=O)O)CCCC4)C3)c2n1. The molecule has 8 nitrogen and oxygen atoms in total. The number of aliphatic carboxylic acids is 1. The molecule has 3 N–H and O–H groups in total. The number of β-amino-alcohol motifs (C(OH)–C–C–N with tert-alkyl or cyclic N) is 1. The minimum absolute atomic E-state index is 0.0278. The number of aromatic nitrogens is 2. The molecule has 4 rings (SSSR count). The second-order valence-corrected chi connectivity index (χ2v) is 9.28. The molecule has 8 heteroatoms. The fraction of sp³-hybridized carbons (Fsp3) is 0.565. The molecular weight excluding hydrogens is 396 g/mol. The van der Waals surface area contributed by atoms with Crippen LogP contribution < -0.4 is 10.2 Å². The Morgan fingerprint density at radius 3 is 2.68 bits per heavy atom. The Kier molecular flexibility index (Phi) is 5.83. The molecule has 0 unspecified atom stereocenters. The largest absolute Gasteiger partial charge is 0.481 e. The van der Waals surface area contributed by atoms with Gasteiger partial charge in [0.2, 0.25) is 5.91 Å². The van der Waals surface area contributed by atoms with E-state index in [-0.39, 0.29) is 25.3 Å². The number of carbonyl (C=O) groups excluding carboxylic acids is 1. The van der Waals surface area contributed by atoms with Crippen molar-refractivity contribution in [2.45, 2.75) is 57.5 Å². The molecule has 2 aromatic rings.